The van der Waals surface area contributed by atoms with Gasteiger partial charge in [0.1, 0.15) is 5.75 Å². The van der Waals surface area contributed by atoms with E-state index in [1.807, 2.05) is 4.90 Å². The number of hydrogen-bond acceptors (Lipinski definition) is 4. The van der Waals surface area contributed by atoms with Crippen molar-refractivity contribution in [1.29, 1.82) is 0 Å². The van der Waals surface area contributed by atoms with Gasteiger partial charge in [0, 0.05) is 48.6 Å². The Morgan fingerprint density at radius 3 is 2.08 bits per heavy atom. The third-order valence-electron chi connectivity index (χ3n) is 5.75. The van der Waals surface area contributed by atoms with E-state index >= 15 is 0 Å². The van der Waals surface area contributed by atoms with Crippen LogP contribution in [-0.2, 0) is 6.18 Å². The number of rotatable bonds is 3. The monoisotopic (exact) mass is 494 g/mol. The Balaban J connectivity index is 1.52. The molecule has 184 valence electrons. The van der Waals surface area contributed by atoms with Crippen LogP contribution in [-0.4, -0.2) is 53.2 Å². The lowest BCUT2D eigenvalue weighted by Gasteiger charge is -2.36. The third kappa shape index (κ3) is 5.78. The van der Waals surface area contributed by atoms with E-state index in [0.29, 0.717) is 31.7 Å². The molecule has 1 saturated heterocycles. The van der Waals surface area contributed by atoms with E-state index in [4.69, 9.17) is 5.11 Å². The number of amides is 1. The molecular formula is C27H21F3N2O4. The minimum absolute atomic E-state index is 0.0151. The van der Waals surface area contributed by atoms with Gasteiger partial charge in [-0.05, 0) is 60.7 Å². The molecule has 1 heterocycles. The Morgan fingerprint density at radius 2 is 1.47 bits per heavy atom. The molecule has 0 bridgehead atoms. The predicted octanol–water partition coefficient (Wildman–Crippen LogP) is 4.47. The number of piperazine rings is 1. The van der Waals surface area contributed by atoms with E-state index in [1.165, 1.54) is 35.2 Å². The molecule has 3 aromatic carbocycles. The van der Waals surface area contributed by atoms with Crippen LogP contribution in [0.3, 0.4) is 0 Å². The summed E-state index contributed by atoms with van der Waals surface area (Å²) in [5.41, 5.74) is 0.354. The van der Waals surface area contributed by atoms with Crippen molar-refractivity contribution in [2.24, 2.45) is 0 Å². The number of carbonyl (C=O) groups is 2. The minimum Gasteiger partial charge on any atom is -0.508 e. The van der Waals surface area contributed by atoms with E-state index in [-0.39, 0.29) is 22.4 Å². The van der Waals surface area contributed by atoms with Gasteiger partial charge in [0.05, 0.1) is 11.1 Å². The van der Waals surface area contributed by atoms with Crippen LogP contribution in [0.25, 0.3) is 0 Å². The number of hydrogen-bond donors (Lipinski definition) is 2. The summed E-state index contributed by atoms with van der Waals surface area (Å²) in [4.78, 5) is 27.6. The molecule has 1 amide bonds. The maximum absolute atomic E-state index is 13.5. The number of aromatic carboxylic acids is 1. The molecule has 6 nitrogen and oxygen atoms in total. The number of carboxylic acid groups (broad SMARTS) is 1. The van der Waals surface area contributed by atoms with Crippen LogP contribution < -0.4 is 4.90 Å². The molecule has 1 aliphatic heterocycles. The lowest BCUT2D eigenvalue weighted by Crippen LogP contribution is -2.48. The molecule has 0 saturated carbocycles. The fourth-order valence-electron chi connectivity index (χ4n) is 3.88. The number of phenolic OH excluding ortho intramolecular Hbond substituents is 1. The van der Waals surface area contributed by atoms with E-state index in [2.05, 4.69) is 11.8 Å². The Bertz CT molecular complexity index is 1350. The second-order valence-electron chi connectivity index (χ2n) is 8.23. The third-order valence-corrected chi connectivity index (χ3v) is 5.75. The van der Waals surface area contributed by atoms with Crippen molar-refractivity contribution in [2.75, 3.05) is 31.1 Å². The summed E-state index contributed by atoms with van der Waals surface area (Å²) in [6.45, 7) is 1.47. The van der Waals surface area contributed by atoms with Crippen LogP contribution in [0.2, 0.25) is 0 Å². The zero-order valence-electron chi connectivity index (χ0n) is 18.9. The molecule has 9 heteroatoms. The van der Waals surface area contributed by atoms with Crippen molar-refractivity contribution in [3.8, 4) is 17.6 Å². The van der Waals surface area contributed by atoms with Crippen LogP contribution >= 0.6 is 0 Å². The topological polar surface area (TPSA) is 81.1 Å². The van der Waals surface area contributed by atoms with Gasteiger partial charge in [-0.1, -0.05) is 17.9 Å². The van der Waals surface area contributed by atoms with Gasteiger partial charge in [0.15, 0.2) is 0 Å². The maximum Gasteiger partial charge on any atom is 0.416 e. The van der Waals surface area contributed by atoms with Gasteiger partial charge in [-0.15, -0.1) is 0 Å². The summed E-state index contributed by atoms with van der Waals surface area (Å²) in [5.74, 6) is 3.81. The average molecular weight is 494 g/mol. The summed E-state index contributed by atoms with van der Waals surface area (Å²) in [6.07, 6.45) is -4.65. The van der Waals surface area contributed by atoms with E-state index in [1.54, 1.807) is 24.3 Å². The Labute approximate surface area is 205 Å². The van der Waals surface area contributed by atoms with Crippen LogP contribution in [0.1, 0.15) is 37.4 Å². The SMILES string of the molecule is O=C(O)c1ccc(N2CCN(C(=O)c3cc(C#Cc4cccc(O)c4)cc(C(F)(F)F)c3)CC2)cc1. The van der Waals surface area contributed by atoms with Gasteiger partial charge >= 0.3 is 12.1 Å². The summed E-state index contributed by atoms with van der Waals surface area (Å²) < 4.78 is 40.6. The van der Waals surface area contributed by atoms with Crippen molar-refractivity contribution in [1.82, 2.24) is 4.90 Å². The Kier molecular flexibility index (Phi) is 6.88. The average Bonchev–Trinajstić information content (AvgIpc) is 2.86. The van der Waals surface area contributed by atoms with Crippen molar-refractivity contribution in [3.05, 3.63) is 94.5 Å². The highest BCUT2D eigenvalue weighted by molar-refractivity contribution is 5.95. The fraction of sp³-hybridized carbons (Fsp3) is 0.185. The Morgan fingerprint density at radius 1 is 0.806 bits per heavy atom. The molecule has 36 heavy (non-hydrogen) atoms. The van der Waals surface area contributed by atoms with Crippen LogP contribution in [0.5, 0.6) is 5.75 Å². The first kappa shape index (κ1) is 24.7. The van der Waals surface area contributed by atoms with Crippen molar-refractivity contribution >= 4 is 17.6 Å². The molecule has 0 radical (unpaired) electrons. The summed E-state index contributed by atoms with van der Waals surface area (Å²) >= 11 is 0. The molecule has 3 aromatic rings. The van der Waals surface area contributed by atoms with Crippen molar-refractivity contribution in [2.45, 2.75) is 6.18 Å². The minimum atomic E-state index is -4.65. The normalized spacial score (nSPS) is 13.6. The molecule has 0 aromatic heterocycles. The summed E-state index contributed by atoms with van der Waals surface area (Å²) in [6, 6.07) is 15.5. The first-order valence-corrected chi connectivity index (χ1v) is 11.0. The molecule has 0 unspecified atom stereocenters. The smallest absolute Gasteiger partial charge is 0.416 e. The number of benzene rings is 3. The van der Waals surface area contributed by atoms with Gasteiger partial charge in [-0.25, -0.2) is 4.79 Å². The molecule has 2 N–H and O–H groups in total. The van der Waals surface area contributed by atoms with Crippen molar-refractivity contribution < 1.29 is 33.0 Å². The predicted molar refractivity (Wildman–Crippen MR) is 127 cm³/mol. The summed E-state index contributed by atoms with van der Waals surface area (Å²) in [7, 11) is 0. The second kappa shape index (κ2) is 10.0. The zero-order chi connectivity index (χ0) is 25.9. The molecule has 0 spiro atoms. The van der Waals surface area contributed by atoms with Gasteiger partial charge in [-0.2, -0.15) is 13.2 Å². The Hall–Kier alpha value is -4.45. The van der Waals surface area contributed by atoms with E-state index in [9.17, 15) is 27.9 Å². The lowest BCUT2D eigenvalue weighted by atomic mass is 10.0. The highest BCUT2D eigenvalue weighted by Crippen LogP contribution is 2.31. The highest BCUT2D eigenvalue weighted by Gasteiger charge is 2.32. The molecule has 1 fully saturated rings. The number of carboxylic acids is 1. The molecule has 4 rings (SSSR count). The largest absolute Gasteiger partial charge is 0.508 e. The molecule has 1 aliphatic rings. The molecule has 0 aliphatic carbocycles. The zero-order valence-corrected chi connectivity index (χ0v) is 18.9. The maximum atomic E-state index is 13.5. The number of nitrogens with zero attached hydrogens (tertiary/aromatic N) is 2. The van der Waals surface area contributed by atoms with Gasteiger partial charge in [0.2, 0.25) is 0 Å². The van der Waals surface area contributed by atoms with E-state index < -0.39 is 23.6 Å². The van der Waals surface area contributed by atoms with E-state index in [0.717, 1.165) is 17.8 Å². The second-order valence-corrected chi connectivity index (χ2v) is 8.23. The first-order chi connectivity index (χ1) is 17.1. The van der Waals surface area contributed by atoms with Gasteiger partial charge in [0.25, 0.3) is 5.91 Å². The van der Waals surface area contributed by atoms with Gasteiger partial charge in [-0.3, -0.25) is 4.79 Å². The number of carbonyl (C=O) groups excluding carboxylic acids is 1. The molecule has 0 atom stereocenters. The quantitative estimate of drug-likeness (QED) is 0.525. The lowest BCUT2D eigenvalue weighted by molar-refractivity contribution is -0.137. The fourth-order valence-corrected chi connectivity index (χ4v) is 3.88. The first-order valence-electron chi connectivity index (χ1n) is 11.0. The van der Waals surface area contributed by atoms with Crippen molar-refractivity contribution in [3.63, 3.8) is 0 Å². The number of alkyl halides is 3. The highest BCUT2D eigenvalue weighted by atomic mass is 19.4. The number of halogens is 3. The number of phenols is 1. The molecular weight excluding hydrogens is 473 g/mol. The number of anilines is 1. The standard InChI is InChI=1S/C27H21F3N2O4/c28-27(29,30)22-15-19(5-4-18-2-1-3-24(33)16-18)14-21(17-22)25(34)32-12-10-31(11-13-32)23-8-6-20(7-9-23)26(35)36/h1-3,6-9,14-17,33H,10-13H2,(H,35,36). The van der Waals surface area contributed by atoms with Crippen LogP contribution in [0, 0.1) is 11.8 Å². The number of aromatic hydroxyl groups is 1. The van der Waals surface area contributed by atoms with Crippen LogP contribution in [0.4, 0.5) is 18.9 Å². The summed E-state index contributed by atoms with van der Waals surface area (Å²) in [5, 5.41) is 18.6. The van der Waals surface area contributed by atoms with Crippen LogP contribution in [0.15, 0.2) is 66.7 Å². The van der Waals surface area contributed by atoms with Gasteiger partial charge < -0.3 is 20.0 Å².